The van der Waals surface area contributed by atoms with Crippen LogP contribution in [0.15, 0.2) is 23.3 Å². The number of aromatic nitrogens is 1. The van der Waals surface area contributed by atoms with Gasteiger partial charge in [-0.2, -0.15) is 0 Å². The number of rotatable bonds is 1. The summed E-state index contributed by atoms with van der Waals surface area (Å²) in [5, 5.41) is 0. The first-order valence-corrected chi connectivity index (χ1v) is 3.60. The lowest BCUT2D eigenvalue weighted by Crippen LogP contribution is -1.97. The van der Waals surface area contributed by atoms with Crippen LogP contribution in [0.25, 0.3) is 0 Å². The molecule has 58 valence electrons. The number of aryl methyl sites for hydroxylation is 1. The summed E-state index contributed by atoms with van der Waals surface area (Å²) >= 11 is 0. The highest BCUT2D eigenvalue weighted by atomic mass is 14.7. The number of hydrogen-bond donors (Lipinski definition) is 0. The minimum Gasteiger partial charge on any atom is -0.291 e. The van der Waals surface area contributed by atoms with Crippen molar-refractivity contribution in [1.29, 1.82) is 0 Å². The van der Waals surface area contributed by atoms with E-state index in [1.54, 1.807) is 7.05 Å². The summed E-state index contributed by atoms with van der Waals surface area (Å²) in [7, 11) is 1.77. The number of hydrogen-bond acceptors (Lipinski definition) is 2. The summed E-state index contributed by atoms with van der Waals surface area (Å²) < 4.78 is 0. The SMILES string of the molecule is CN=C(C)c1ccc(C)cn1. The van der Waals surface area contributed by atoms with Gasteiger partial charge in [0.05, 0.1) is 11.4 Å². The normalized spacial score (nSPS) is 11.7. The molecule has 0 aliphatic heterocycles. The van der Waals surface area contributed by atoms with Gasteiger partial charge in [0.1, 0.15) is 0 Å². The largest absolute Gasteiger partial charge is 0.291 e. The molecule has 1 aromatic heterocycles. The Labute approximate surface area is 67.0 Å². The van der Waals surface area contributed by atoms with Gasteiger partial charge in [0.25, 0.3) is 0 Å². The van der Waals surface area contributed by atoms with E-state index < -0.39 is 0 Å². The molecule has 0 fully saturated rings. The zero-order valence-corrected chi connectivity index (χ0v) is 7.13. The van der Waals surface area contributed by atoms with Gasteiger partial charge >= 0.3 is 0 Å². The minimum atomic E-state index is 0.957. The van der Waals surface area contributed by atoms with Crippen LogP contribution in [0.3, 0.4) is 0 Å². The molecule has 0 amide bonds. The van der Waals surface area contributed by atoms with Crippen molar-refractivity contribution in [2.75, 3.05) is 7.05 Å². The van der Waals surface area contributed by atoms with Crippen LogP contribution < -0.4 is 0 Å². The highest BCUT2D eigenvalue weighted by Gasteiger charge is 1.94. The standard InChI is InChI=1S/C9H12N2/c1-7-4-5-9(11-6-7)8(2)10-3/h4-6H,1-3H3. The van der Waals surface area contributed by atoms with Gasteiger partial charge < -0.3 is 0 Å². The van der Waals surface area contributed by atoms with Crippen molar-refractivity contribution < 1.29 is 0 Å². The summed E-state index contributed by atoms with van der Waals surface area (Å²) in [5.74, 6) is 0. The van der Waals surface area contributed by atoms with E-state index in [1.165, 1.54) is 5.56 Å². The van der Waals surface area contributed by atoms with E-state index in [4.69, 9.17) is 0 Å². The quantitative estimate of drug-likeness (QED) is 0.558. The molecule has 0 saturated heterocycles. The second-order valence-corrected chi connectivity index (χ2v) is 2.53. The molecule has 0 aliphatic rings. The molecule has 0 aliphatic carbocycles. The fourth-order valence-electron chi connectivity index (χ4n) is 0.796. The Morgan fingerprint density at radius 3 is 2.64 bits per heavy atom. The second kappa shape index (κ2) is 3.28. The Morgan fingerprint density at radius 1 is 1.45 bits per heavy atom. The predicted octanol–water partition coefficient (Wildman–Crippen LogP) is 1.83. The summed E-state index contributed by atoms with van der Waals surface area (Å²) in [5.41, 5.74) is 3.11. The molecule has 0 bridgehead atoms. The van der Waals surface area contributed by atoms with Gasteiger partial charge in [-0.15, -0.1) is 0 Å². The zero-order chi connectivity index (χ0) is 8.27. The van der Waals surface area contributed by atoms with E-state index in [1.807, 2.05) is 32.2 Å². The molecule has 2 heteroatoms. The molecule has 0 radical (unpaired) electrons. The molecule has 1 heterocycles. The minimum absolute atomic E-state index is 0.957. The van der Waals surface area contributed by atoms with Crippen LogP contribution in [-0.4, -0.2) is 17.7 Å². The van der Waals surface area contributed by atoms with Crippen LogP contribution in [0.1, 0.15) is 18.2 Å². The van der Waals surface area contributed by atoms with Crippen LogP contribution in [0, 0.1) is 6.92 Å². The molecule has 11 heavy (non-hydrogen) atoms. The monoisotopic (exact) mass is 148 g/mol. The lowest BCUT2D eigenvalue weighted by Gasteiger charge is -1.97. The Bertz CT molecular complexity index is 259. The van der Waals surface area contributed by atoms with Gasteiger partial charge in [-0.3, -0.25) is 9.98 Å². The fraction of sp³-hybridized carbons (Fsp3) is 0.333. The van der Waals surface area contributed by atoms with Crippen molar-refractivity contribution in [2.45, 2.75) is 13.8 Å². The van der Waals surface area contributed by atoms with Crippen LogP contribution in [0.4, 0.5) is 0 Å². The first-order valence-electron chi connectivity index (χ1n) is 3.60. The summed E-state index contributed by atoms with van der Waals surface area (Å²) in [4.78, 5) is 8.26. The molecule has 0 saturated carbocycles. The summed E-state index contributed by atoms with van der Waals surface area (Å²) in [6.45, 7) is 3.98. The maximum absolute atomic E-state index is 4.22. The Morgan fingerprint density at radius 2 is 2.18 bits per heavy atom. The summed E-state index contributed by atoms with van der Waals surface area (Å²) in [6, 6.07) is 4.02. The van der Waals surface area contributed by atoms with Crippen molar-refractivity contribution >= 4 is 5.71 Å². The van der Waals surface area contributed by atoms with Crippen molar-refractivity contribution in [3.63, 3.8) is 0 Å². The highest BCUT2D eigenvalue weighted by molar-refractivity contribution is 5.96. The van der Waals surface area contributed by atoms with Crippen molar-refractivity contribution in [3.05, 3.63) is 29.6 Å². The smallest absolute Gasteiger partial charge is 0.0837 e. The molecule has 1 rings (SSSR count). The zero-order valence-electron chi connectivity index (χ0n) is 7.13. The Kier molecular flexibility index (Phi) is 2.36. The number of nitrogens with zero attached hydrogens (tertiary/aromatic N) is 2. The molecule has 0 spiro atoms. The van der Waals surface area contributed by atoms with Gasteiger partial charge in [0, 0.05) is 13.2 Å². The highest BCUT2D eigenvalue weighted by Crippen LogP contribution is 1.99. The van der Waals surface area contributed by atoms with Crippen LogP contribution in [0.5, 0.6) is 0 Å². The van der Waals surface area contributed by atoms with E-state index in [0.29, 0.717) is 0 Å². The lowest BCUT2D eigenvalue weighted by molar-refractivity contribution is 1.23. The third-order valence-corrected chi connectivity index (χ3v) is 1.62. The van der Waals surface area contributed by atoms with Gasteiger partial charge in [-0.05, 0) is 25.5 Å². The maximum atomic E-state index is 4.22. The van der Waals surface area contributed by atoms with Gasteiger partial charge in [-0.25, -0.2) is 0 Å². The second-order valence-electron chi connectivity index (χ2n) is 2.53. The topological polar surface area (TPSA) is 25.2 Å². The van der Waals surface area contributed by atoms with Crippen LogP contribution in [-0.2, 0) is 0 Å². The maximum Gasteiger partial charge on any atom is 0.0837 e. The fourth-order valence-corrected chi connectivity index (χ4v) is 0.796. The summed E-state index contributed by atoms with van der Waals surface area (Å²) in [6.07, 6.45) is 1.85. The van der Waals surface area contributed by atoms with E-state index in [2.05, 4.69) is 9.98 Å². The number of aliphatic imine (C=N–C) groups is 1. The van der Waals surface area contributed by atoms with E-state index in [-0.39, 0.29) is 0 Å². The Balaban J connectivity index is 2.99. The third kappa shape index (κ3) is 1.87. The Hall–Kier alpha value is -1.18. The average Bonchev–Trinajstić information content (AvgIpc) is 2.05. The van der Waals surface area contributed by atoms with Crippen molar-refractivity contribution in [3.8, 4) is 0 Å². The molecule has 0 atom stereocenters. The molecule has 0 unspecified atom stereocenters. The van der Waals surface area contributed by atoms with E-state index in [0.717, 1.165) is 11.4 Å². The predicted molar refractivity (Wildman–Crippen MR) is 47.1 cm³/mol. The molecule has 0 N–H and O–H groups in total. The lowest BCUT2D eigenvalue weighted by atomic mass is 10.2. The van der Waals surface area contributed by atoms with Crippen molar-refractivity contribution in [1.82, 2.24) is 4.98 Å². The van der Waals surface area contributed by atoms with Crippen LogP contribution >= 0.6 is 0 Å². The van der Waals surface area contributed by atoms with Crippen LogP contribution in [0.2, 0.25) is 0 Å². The number of pyridine rings is 1. The molecule has 2 nitrogen and oxygen atoms in total. The molecule has 1 aromatic rings. The van der Waals surface area contributed by atoms with Gasteiger partial charge in [0.15, 0.2) is 0 Å². The van der Waals surface area contributed by atoms with E-state index >= 15 is 0 Å². The van der Waals surface area contributed by atoms with Gasteiger partial charge in [0.2, 0.25) is 0 Å². The average molecular weight is 148 g/mol. The molecular weight excluding hydrogens is 136 g/mol. The molecule has 0 aromatic carbocycles. The van der Waals surface area contributed by atoms with E-state index in [9.17, 15) is 0 Å². The van der Waals surface area contributed by atoms with Gasteiger partial charge in [-0.1, -0.05) is 6.07 Å². The molecular formula is C9H12N2. The van der Waals surface area contributed by atoms with Crippen molar-refractivity contribution in [2.24, 2.45) is 4.99 Å². The third-order valence-electron chi connectivity index (χ3n) is 1.62. The first-order chi connectivity index (χ1) is 5.24. The first kappa shape index (κ1) is 7.92.